The number of nitrogens with zero attached hydrogens (tertiary/aromatic N) is 1. The molecule has 2 nitrogen and oxygen atoms in total. The lowest BCUT2D eigenvalue weighted by Crippen LogP contribution is -2.29. The Morgan fingerprint density at radius 2 is 2.18 bits per heavy atom. The molecule has 1 unspecified atom stereocenters. The molecule has 17 heavy (non-hydrogen) atoms. The third-order valence-corrected chi connectivity index (χ3v) is 3.93. The van der Waals surface area contributed by atoms with Crippen LogP contribution < -0.4 is 5.32 Å². The molecule has 2 rings (SSSR count). The lowest BCUT2D eigenvalue weighted by molar-refractivity contribution is 0.560. The molecule has 0 radical (unpaired) electrons. The smallest absolute Gasteiger partial charge is 0.0794 e. The van der Waals surface area contributed by atoms with Gasteiger partial charge in [0.05, 0.1) is 5.51 Å². The predicted octanol–water partition coefficient (Wildman–Crippen LogP) is 3.17. The van der Waals surface area contributed by atoms with Gasteiger partial charge >= 0.3 is 0 Å². The minimum atomic E-state index is 0.398. The summed E-state index contributed by atoms with van der Waals surface area (Å²) in [4.78, 5) is 5.40. The van der Waals surface area contributed by atoms with Crippen LogP contribution in [-0.2, 0) is 12.8 Å². The molecule has 4 heteroatoms. The molecular weight excluding hydrogens is 252 g/mol. The van der Waals surface area contributed by atoms with Gasteiger partial charge in [-0.15, -0.1) is 11.3 Å². The molecule has 0 aliphatic rings. The summed E-state index contributed by atoms with van der Waals surface area (Å²) in [7, 11) is 1.99. The average molecular weight is 267 g/mol. The molecule has 0 saturated carbocycles. The molecule has 0 saturated heterocycles. The Kier molecular flexibility index (Phi) is 4.54. The monoisotopic (exact) mass is 266 g/mol. The Morgan fingerprint density at radius 3 is 2.82 bits per heavy atom. The summed E-state index contributed by atoms with van der Waals surface area (Å²) in [6.07, 6.45) is 3.86. The number of likely N-dealkylation sites (N-methyl/N-ethyl adjacent to an activating group) is 1. The molecule has 1 aromatic carbocycles. The third kappa shape index (κ3) is 3.53. The van der Waals surface area contributed by atoms with Gasteiger partial charge in [-0.3, -0.25) is 4.98 Å². The van der Waals surface area contributed by atoms with Crippen molar-refractivity contribution in [1.29, 1.82) is 0 Å². The molecule has 2 aromatic rings. The Balaban J connectivity index is 2.03. The number of aromatic nitrogens is 1. The first kappa shape index (κ1) is 12.6. The lowest BCUT2D eigenvalue weighted by atomic mass is 10.0. The van der Waals surface area contributed by atoms with E-state index < -0.39 is 0 Å². The summed E-state index contributed by atoms with van der Waals surface area (Å²) in [6.45, 7) is 0. The molecule has 0 aliphatic carbocycles. The fraction of sp³-hybridized carbons (Fsp3) is 0.308. The molecule has 0 spiro atoms. The van der Waals surface area contributed by atoms with Crippen molar-refractivity contribution in [3.8, 4) is 0 Å². The van der Waals surface area contributed by atoms with E-state index in [1.807, 2.05) is 37.0 Å². The second-order valence-corrected chi connectivity index (χ2v) is 5.33. The summed E-state index contributed by atoms with van der Waals surface area (Å²) in [5, 5.41) is 4.18. The molecule has 0 aliphatic heterocycles. The first-order chi connectivity index (χ1) is 8.29. The van der Waals surface area contributed by atoms with Gasteiger partial charge in [-0.25, -0.2) is 0 Å². The van der Waals surface area contributed by atoms with Crippen molar-refractivity contribution in [3.63, 3.8) is 0 Å². The van der Waals surface area contributed by atoms with Gasteiger partial charge in [-0.05, 0) is 31.5 Å². The first-order valence-corrected chi connectivity index (χ1v) is 6.83. The largest absolute Gasteiger partial charge is 0.316 e. The van der Waals surface area contributed by atoms with Gasteiger partial charge in [0.15, 0.2) is 0 Å². The molecule has 0 bridgehead atoms. The van der Waals surface area contributed by atoms with Gasteiger partial charge in [-0.2, -0.15) is 0 Å². The Morgan fingerprint density at radius 1 is 1.35 bits per heavy atom. The quantitative estimate of drug-likeness (QED) is 0.899. The van der Waals surface area contributed by atoms with Crippen molar-refractivity contribution in [3.05, 3.63) is 51.4 Å². The third-order valence-electron chi connectivity index (χ3n) is 2.76. The van der Waals surface area contributed by atoms with Crippen molar-refractivity contribution in [2.75, 3.05) is 7.05 Å². The highest BCUT2D eigenvalue weighted by Crippen LogP contribution is 2.18. The van der Waals surface area contributed by atoms with Crippen LogP contribution in [0.2, 0.25) is 5.02 Å². The van der Waals surface area contributed by atoms with Gasteiger partial charge in [-0.1, -0.05) is 29.8 Å². The Labute approximate surface area is 111 Å². The fourth-order valence-corrected chi connectivity index (χ4v) is 2.68. The highest BCUT2D eigenvalue weighted by atomic mass is 35.5. The Bertz CT molecular complexity index is 456. The van der Waals surface area contributed by atoms with Crippen LogP contribution in [0.5, 0.6) is 0 Å². The number of rotatable bonds is 5. The zero-order chi connectivity index (χ0) is 12.1. The average Bonchev–Trinajstić information content (AvgIpc) is 2.84. The second-order valence-electron chi connectivity index (χ2n) is 3.95. The minimum absolute atomic E-state index is 0.398. The summed E-state index contributed by atoms with van der Waals surface area (Å²) in [6, 6.07) is 8.41. The van der Waals surface area contributed by atoms with E-state index in [2.05, 4.69) is 16.4 Å². The van der Waals surface area contributed by atoms with Gasteiger partial charge in [0.25, 0.3) is 0 Å². The van der Waals surface area contributed by atoms with Crippen molar-refractivity contribution in [1.82, 2.24) is 10.3 Å². The van der Waals surface area contributed by atoms with Crippen LogP contribution in [0.1, 0.15) is 10.4 Å². The fourth-order valence-electron chi connectivity index (χ4n) is 1.79. The SMILES string of the molecule is CNC(Cc1cncs1)Cc1ccccc1Cl. The topological polar surface area (TPSA) is 24.9 Å². The minimum Gasteiger partial charge on any atom is -0.316 e. The summed E-state index contributed by atoms with van der Waals surface area (Å²) in [5.74, 6) is 0. The van der Waals surface area contributed by atoms with Crippen LogP contribution in [0, 0.1) is 0 Å². The van der Waals surface area contributed by atoms with E-state index in [9.17, 15) is 0 Å². The van der Waals surface area contributed by atoms with Crippen LogP contribution in [0.25, 0.3) is 0 Å². The maximum absolute atomic E-state index is 6.17. The zero-order valence-corrected chi connectivity index (χ0v) is 11.3. The molecule has 1 heterocycles. The second kappa shape index (κ2) is 6.15. The van der Waals surface area contributed by atoms with Crippen LogP contribution >= 0.6 is 22.9 Å². The maximum atomic E-state index is 6.17. The van der Waals surface area contributed by atoms with Crippen LogP contribution in [0.3, 0.4) is 0 Å². The summed E-state index contributed by atoms with van der Waals surface area (Å²) >= 11 is 7.87. The molecule has 90 valence electrons. The number of nitrogens with one attached hydrogen (secondary N) is 1. The summed E-state index contributed by atoms with van der Waals surface area (Å²) in [5.41, 5.74) is 3.07. The van der Waals surface area contributed by atoms with E-state index in [4.69, 9.17) is 11.6 Å². The molecule has 0 fully saturated rings. The van der Waals surface area contributed by atoms with E-state index in [1.165, 1.54) is 10.4 Å². The number of benzene rings is 1. The molecule has 1 N–H and O–H groups in total. The van der Waals surface area contributed by atoms with E-state index in [-0.39, 0.29) is 0 Å². The highest BCUT2D eigenvalue weighted by molar-refractivity contribution is 7.09. The van der Waals surface area contributed by atoms with Gasteiger partial charge in [0, 0.05) is 22.1 Å². The number of halogens is 1. The van der Waals surface area contributed by atoms with Gasteiger partial charge in [0.1, 0.15) is 0 Å². The number of hydrogen-bond donors (Lipinski definition) is 1. The van der Waals surface area contributed by atoms with E-state index in [0.29, 0.717) is 6.04 Å². The summed E-state index contributed by atoms with van der Waals surface area (Å²) < 4.78 is 0. The van der Waals surface area contributed by atoms with Crippen molar-refractivity contribution < 1.29 is 0 Å². The van der Waals surface area contributed by atoms with E-state index in [0.717, 1.165) is 17.9 Å². The van der Waals surface area contributed by atoms with E-state index in [1.54, 1.807) is 11.3 Å². The van der Waals surface area contributed by atoms with Crippen molar-refractivity contribution in [2.24, 2.45) is 0 Å². The number of hydrogen-bond acceptors (Lipinski definition) is 3. The standard InChI is InChI=1S/C13H15ClN2S/c1-15-11(7-12-8-16-9-17-12)6-10-4-2-3-5-13(10)14/h2-5,8-9,11,15H,6-7H2,1H3. The Hall–Kier alpha value is -0.900. The molecular formula is C13H15ClN2S. The number of thiazole rings is 1. The zero-order valence-electron chi connectivity index (χ0n) is 9.69. The van der Waals surface area contributed by atoms with Crippen LogP contribution in [0.4, 0.5) is 0 Å². The van der Waals surface area contributed by atoms with Crippen molar-refractivity contribution in [2.45, 2.75) is 18.9 Å². The molecule has 1 atom stereocenters. The highest BCUT2D eigenvalue weighted by Gasteiger charge is 2.11. The van der Waals surface area contributed by atoms with Gasteiger partial charge < -0.3 is 5.32 Å². The lowest BCUT2D eigenvalue weighted by Gasteiger charge is -2.15. The first-order valence-electron chi connectivity index (χ1n) is 5.57. The van der Waals surface area contributed by atoms with E-state index >= 15 is 0 Å². The van der Waals surface area contributed by atoms with Crippen LogP contribution in [-0.4, -0.2) is 18.1 Å². The maximum Gasteiger partial charge on any atom is 0.0794 e. The normalized spacial score (nSPS) is 12.6. The predicted molar refractivity (Wildman–Crippen MR) is 73.8 cm³/mol. The van der Waals surface area contributed by atoms with Crippen molar-refractivity contribution >= 4 is 22.9 Å². The van der Waals surface area contributed by atoms with Crippen LogP contribution in [0.15, 0.2) is 36.0 Å². The molecule has 0 amide bonds. The van der Waals surface area contributed by atoms with Gasteiger partial charge in [0.2, 0.25) is 0 Å². The molecule has 1 aromatic heterocycles.